The van der Waals surface area contributed by atoms with Gasteiger partial charge in [0.15, 0.2) is 17.5 Å². The molecule has 0 heterocycles. The summed E-state index contributed by atoms with van der Waals surface area (Å²) in [5, 5.41) is 2.52. The SMILES string of the molecule is CCC(Nc1cc(F)c(F)c(F)c1)C(N)=O. The number of nitrogens with one attached hydrogen (secondary N) is 1. The summed E-state index contributed by atoms with van der Waals surface area (Å²) >= 11 is 0. The van der Waals surface area contributed by atoms with Gasteiger partial charge in [0, 0.05) is 17.8 Å². The molecule has 0 fully saturated rings. The molecule has 0 aliphatic heterocycles. The normalized spacial score (nSPS) is 12.2. The molecule has 3 N–H and O–H groups in total. The molecule has 0 saturated carbocycles. The summed E-state index contributed by atoms with van der Waals surface area (Å²) in [6.45, 7) is 1.68. The van der Waals surface area contributed by atoms with Gasteiger partial charge in [-0.1, -0.05) is 6.92 Å². The smallest absolute Gasteiger partial charge is 0.239 e. The zero-order chi connectivity index (χ0) is 12.3. The number of nitrogens with two attached hydrogens (primary N) is 1. The molecule has 1 aromatic carbocycles. The highest BCUT2D eigenvalue weighted by Crippen LogP contribution is 2.18. The first-order chi connectivity index (χ1) is 7.45. The van der Waals surface area contributed by atoms with Gasteiger partial charge in [0.25, 0.3) is 0 Å². The third-order valence-corrected chi connectivity index (χ3v) is 2.08. The topological polar surface area (TPSA) is 55.1 Å². The van der Waals surface area contributed by atoms with Crippen LogP contribution < -0.4 is 11.1 Å². The van der Waals surface area contributed by atoms with Crippen molar-refractivity contribution >= 4 is 11.6 Å². The van der Waals surface area contributed by atoms with Crippen molar-refractivity contribution in [1.82, 2.24) is 0 Å². The van der Waals surface area contributed by atoms with E-state index in [-0.39, 0.29) is 5.69 Å². The van der Waals surface area contributed by atoms with E-state index in [2.05, 4.69) is 5.32 Å². The molecule has 0 radical (unpaired) electrons. The lowest BCUT2D eigenvalue weighted by molar-refractivity contribution is -0.118. The Hall–Kier alpha value is -1.72. The lowest BCUT2D eigenvalue weighted by atomic mass is 10.2. The first-order valence-electron chi connectivity index (χ1n) is 4.66. The van der Waals surface area contributed by atoms with Crippen molar-refractivity contribution < 1.29 is 18.0 Å². The van der Waals surface area contributed by atoms with Crippen molar-refractivity contribution in [2.24, 2.45) is 5.73 Å². The van der Waals surface area contributed by atoms with Gasteiger partial charge in [0.1, 0.15) is 6.04 Å². The predicted octanol–water partition coefficient (Wildman–Crippen LogP) is 1.78. The molecule has 16 heavy (non-hydrogen) atoms. The van der Waals surface area contributed by atoms with Crippen LogP contribution in [-0.2, 0) is 4.79 Å². The number of hydrogen-bond donors (Lipinski definition) is 2. The summed E-state index contributed by atoms with van der Waals surface area (Å²) < 4.78 is 38.3. The van der Waals surface area contributed by atoms with E-state index in [0.29, 0.717) is 6.42 Å². The van der Waals surface area contributed by atoms with E-state index in [9.17, 15) is 18.0 Å². The zero-order valence-electron chi connectivity index (χ0n) is 8.56. The lowest BCUT2D eigenvalue weighted by Crippen LogP contribution is -2.34. The average Bonchev–Trinajstić information content (AvgIpc) is 2.21. The van der Waals surface area contributed by atoms with Crippen molar-refractivity contribution in [2.45, 2.75) is 19.4 Å². The van der Waals surface area contributed by atoms with Crippen LogP contribution in [0.4, 0.5) is 18.9 Å². The third kappa shape index (κ3) is 2.65. The van der Waals surface area contributed by atoms with Crippen LogP contribution in [0.5, 0.6) is 0 Å². The molecular weight excluding hydrogens is 221 g/mol. The summed E-state index contributed by atoms with van der Waals surface area (Å²) in [6, 6.07) is 0.790. The number of halogens is 3. The number of hydrogen-bond acceptors (Lipinski definition) is 2. The predicted molar refractivity (Wildman–Crippen MR) is 53.2 cm³/mol. The Kier molecular flexibility index (Phi) is 3.76. The number of carbonyl (C=O) groups excluding carboxylic acids is 1. The molecule has 88 valence electrons. The van der Waals surface area contributed by atoms with Crippen LogP contribution in [0.15, 0.2) is 12.1 Å². The molecule has 0 aliphatic rings. The van der Waals surface area contributed by atoms with E-state index in [0.717, 1.165) is 12.1 Å². The van der Waals surface area contributed by atoms with Crippen molar-refractivity contribution in [2.75, 3.05) is 5.32 Å². The second-order valence-corrected chi connectivity index (χ2v) is 3.26. The number of benzene rings is 1. The fourth-order valence-electron chi connectivity index (χ4n) is 1.21. The van der Waals surface area contributed by atoms with Crippen LogP contribution >= 0.6 is 0 Å². The van der Waals surface area contributed by atoms with E-state index in [4.69, 9.17) is 5.73 Å². The average molecular weight is 232 g/mol. The fraction of sp³-hybridized carbons (Fsp3) is 0.300. The molecule has 0 spiro atoms. The van der Waals surface area contributed by atoms with E-state index in [1.807, 2.05) is 0 Å². The standard InChI is InChI=1S/C10H11F3N2O/c1-2-8(10(14)16)15-5-3-6(11)9(13)7(12)4-5/h3-4,8,15H,2H2,1H3,(H2,14,16). The molecule has 1 aromatic rings. The van der Waals surface area contributed by atoms with E-state index >= 15 is 0 Å². The van der Waals surface area contributed by atoms with Gasteiger partial charge >= 0.3 is 0 Å². The first kappa shape index (κ1) is 12.4. The molecule has 0 aliphatic carbocycles. The van der Waals surface area contributed by atoms with E-state index in [1.54, 1.807) is 6.92 Å². The molecule has 1 amide bonds. The minimum absolute atomic E-state index is 0.0259. The number of anilines is 1. The van der Waals surface area contributed by atoms with Crippen LogP contribution in [0.3, 0.4) is 0 Å². The Morgan fingerprint density at radius 2 is 1.88 bits per heavy atom. The second kappa shape index (κ2) is 4.87. The Labute approximate surface area is 90.4 Å². The van der Waals surface area contributed by atoms with Crippen molar-refractivity contribution in [3.8, 4) is 0 Å². The van der Waals surface area contributed by atoms with Gasteiger partial charge < -0.3 is 11.1 Å². The molecule has 1 atom stereocenters. The highest BCUT2D eigenvalue weighted by atomic mass is 19.2. The third-order valence-electron chi connectivity index (χ3n) is 2.08. The van der Waals surface area contributed by atoms with Gasteiger partial charge in [-0.3, -0.25) is 4.79 Å². The summed E-state index contributed by atoms with van der Waals surface area (Å²) in [5.74, 6) is -4.83. The van der Waals surface area contributed by atoms with Crippen molar-refractivity contribution in [3.05, 3.63) is 29.6 Å². The second-order valence-electron chi connectivity index (χ2n) is 3.26. The minimum atomic E-state index is -1.54. The number of amides is 1. The van der Waals surface area contributed by atoms with Gasteiger partial charge in [-0.2, -0.15) is 0 Å². The fourth-order valence-corrected chi connectivity index (χ4v) is 1.21. The molecular formula is C10H11F3N2O. The van der Waals surface area contributed by atoms with Crippen LogP contribution in [0, 0.1) is 17.5 Å². The first-order valence-corrected chi connectivity index (χ1v) is 4.66. The van der Waals surface area contributed by atoms with E-state index in [1.165, 1.54) is 0 Å². The maximum Gasteiger partial charge on any atom is 0.239 e. The maximum atomic E-state index is 12.8. The molecule has 0 aromatic heterocycles. The van der Waals surface area contributed by atoms with Crippen LogP contribution in [0.2, 0.25) is 0 Å². The number of carbonyl (C=O) groups is 1. The number of rotatable bonds is 4. The lowest BCUT2D eigenvalue weighted by Gasteiger charge is -2.14. The Morgan fingerprint density at radius 1 is 1.38 bits per heavy atom. The maximum absolute atomic E-state index is 12.8. The molecule has 1 rings (SSSR count). The van der Waals surface area contributed by atoms with Gasteiger partial charge in [-0.05, 0) is 6.42 Å². The molecule has 1 unspecified atom stereocenters. The van der Waals surface area contributed by atoms with Crippen molar-refractivity contribution in [1.29, 1.82) is 0 Å². The number of primary amides is 1. The van der Waals surface area contributed by atoms with Gasteiger partial charge in [0.2, 0.25) is 5.91 Å². The monoisotopic (exact) mass is 232 g/mol. The van der Waals surface area contributed by atoms with Crippen LogP contribution in [0.25, 0.3) is 0 Å². The Bertz CT molecular complexity index is 386. The highest BCUT2D eigenvalue weighted by Gasteiger charge is 2.15. The summed E-state index contributed by atoms with van der Waals surface area (Å²) in [7, 11) is 0. The Balaban J connectivity index is 2.93. The minimum Gasteiger partial charge on any atom is -0.374 e. The molecule has 0 bridgehead atoms. The Morgan fingerprint density at radius 3 is 2.25 bits per heavy atom. The largest absolute Gasteiger partial charge is 0.374 e. The van der Waals surface area contributed by atoms with Gasteiger partial charge in [0.05, 0.1) is 0 Å². The van der Waals surface area contributed by atoms with Crippen LogP contribution in [-0.4, -0.2) is 11.9 Å². The van der Waals surface area contributed by atoms with Crippen molar-refractivity contribution in [3.63, 3.8) is 0 Å². The van der Waals surface area contributed by atoms with Crippen LogP contribution in [0.1, 0.15) is 13.3 Å². The van der Waals surface area contributed by atoms with Gasteiger partial charge in [-0.25, -0.2) is 13.2 Å². The highest BCUT2D eigenvalue weighted by molar-refractivity contribution is 5.82. The van der Waals surface area contributed by atoms with E-state index < -0.39 is 29.4 Å². The molecule has 0 saturated heterocycles. The summed E-state index contributed by atoms with van der Waals surface area (Å²) in [5.41, 5.74) is 5.01. The molecule has 3 nitrogen and oxygen atoms in total. The molecule has 6 heteroatoms. The summed E-state index contributed by atoms with van der Waals surface area (Å²) in [4.78, 5) is 10.9. The summed E-state index contributed by atoms with van der Waals surface area (Å²) in [6.07, 6.45) is 0.357. The van der Waals surface area contributed by atoms with Gasteiger partial charge in [-0.15, -0.1) is 0 Å². The quantitative estimate of drug-likeness (QED) is 0.777. The zero-order valence-corrected chi connectivity index (χ0v) is 8.56.